The van der Waals surface area contributed by atoms with Crippen LogP contribution in [0.5, 0.6) is 0 Å². The van der Waals surface area contributed by atoms with Crippen molar-refractivity contribution in [2.24, 2.45) is 5.92 Å². The molecule has 1 aliphatic heterocycles. The summed E-state index contributed by atoms with van der Waals surface area (Å²) < 4.78 is 5.30. The summed E-state index contributed by atoms with van der Waals surface area (Å²) in [7, 11) is 0. The summed E-state index contributed by atoms with van der Waals surface area (Å²) in [4.78, 5) is 25.4. The minimum Gasteiger partial charge on any atom is -0.478 e. The van der Waals surface area contributed by atoms with Crippen molar-refractivity contribution in [2.45, 2.75) is 52.4 Å². The first-order chi connectivity index (χ1) is 11.5. The third-order valence-corrected chi connectivity index (χ3v) is 4.47. The van der Waals surface area contributed by atoms with E-state index in [1.807, 2.05) is 13.8 Å². The first-order valence-corrected chi connectivity index (χ1v) is 8.94. The molecule has 1 unspecified atom stereocenters. The van der Waals surface area contributed by atoms with Gasteiger partial charge in [0.05, 0.1) is 13.2 Å². The van der Waals surface area contributed by atoms with Gasteiger partial charge in [-0.25, -0.2) is 9.59 Å². The van der Waals surface area contributed by atoms with E-state index >= 15 is 0 Å². The number of carbonyl (C=O) groups is 2. The average molecular weight is 341 g/mol. The molecule has 0 aromatic heterocycles. The second-order valence-corrected chi connectivity index (χ2v) is 6.58. The molecule has 1 fully saturated rings. The summed E-state index contributed by atoms with van der Waals surface area (Å²) in [6, 6.07) is 0. The Bertz CT molecular complexity index is 441. The Morgan fingerprint density at radius 2 is 1.71 bits per heavy atom. The molecule has 1 atom stereocenters. The van der Waals surface area contributed by atoms with Crippen LogP contribution in [0.1, 0.15) is 52.4 Å². The first kappa shape index (κ1) is 20.6. The van der Waals surface area contributed by atoms with Crippen molar-refractivity contribution < 1.29 is 24.5 Å². The number of unbranched alkanes of at least 4 members (excludes halogenated alkanes) is 1. The molecule has 2 N–H and O–H groups in total. The topological polar surface area (TPSA) is 87.1 Å². The van der Waals surface area contributed by atoms with Gasteiger partial charge >= 0.3 is 11.9 Å². The molecule has 0 spiro atoms. The maximum atomic E-state index is 11.5. The number of ether oxygens (including phenoxy) is 1. The quantitative estimate of drug-likeness (QED) is 0.444. The van der Waals surface area contributed by atoms with Crippen LogP contribution in [0, 0.1) is 5.92 Å². The zero-order chi connectivity index (χ0) is 17.9. The molecule has 6 nitrogen and oxygen atoms in total. The van der Waals surface area contributed by atoms with Crippen molar-refractivity contribution in [1.82, 2.24) is 4.90 Å². The third kappa shape index (κ3) is 7.45. The van der Waals surface area contributed by atoms with Gasteiger partial charge in [-0.2, -0.15) is 0 Å². The highest BCUT2D eigenvalue weighted by atomic mass is 16.5. The Hall–Kier alpha value is -1.40. The van der Waals surface area contributed by atoms with E-state index in [-0.39, 0.29) is 17.1 Å². The van der Waals surface area contributed by atoms with Crippen LogP contribution in [0.25, 0.3) is 0 Å². The minimum atomic E-state index is -1.09. The lowest BCUT2D eigenvalue weighted by Crippen LogP contribution is -2.36. The van der Waals surface area contributed by atoms with Gasteiger partial charge in [-0.15, -0.1) is 0 Å². The molecule has 24 heavy (non-hydrogen) atoms. The molecular weight excluding hydrogens is 310 g/mol. The molecule has 0 aliphatic carbocycles. The number of rotatable bonds is 11. The summed E-state index contributed by atoms with van der Waals surface area (Å²) >= 11 is 0. The molecule has 0 aromatic carbocycles. The molecule has 1 heterocycles. The lowest BCUT2D eigenvalue weighted by Gasteiger charge is -2.26. The summed E-state index contributed by atoms with van der Waals surface area (Å²) in [5.74, 6) is -2.00. The Morgan fingerprint density at radius 3 is 2.25 bits per heavy atom. The van der Waals surface area contributed by atoms with Gasteiger partial charge in [0.1, 0.15) is 0 Å². The number of hydrogen-bond donors (Lipinski definition) is 2. The Kier molecular flexibility index (Phi) is 9.64. The fourth-order valence-corrected chi connectivity index (χ4v) is 3.13. The molecule has 1 rings (SSSR count). The Labute approximate surface area is 144 Å². The standard InChI is InChI=1S/C18H31NO5/c1-3-6-14(2)13-16(18(22)23)15(17(20)21)7-4-5-8-19-9-11-24-12-10-19/h14H,3-13H2,1-2H3,(H,20,21)(H,22,23). The fraction of sp³-hybridized carbons (Fsp3) is 0.778. The van der Waals surface area contributed by atoms with Crippen LogP contribution < -0.4 is 0 Å². The van der Waals surface area contributed by atoms with Crippen molar-refractivity contribution in [3.05, 3.63) is 11.1 Å². The third-order valence-electron chi connectivity index (χ3n) is 4.47. The predicted octanol–water partition coefficient (Wildman–Crippen LogP) is 2.78. The lowest BCUT2D eigenvalue weighted by molar-refractivity contribution is -0.136. The van der Waals surface area contributed by atoms with Crippen LogP contribution >= 0.6 is 0 Å². The first-order valence-electron chi connectivity index (χ1n) is 8.94. The number of nitrogens with zero attached hydrogens (tertiary/aromatic N) is 1. The zero-order valence-electron chi connectivity index (χ0n) is 14.9. The summed E-state index contributed by atoms with van der Waals surface area (Å²) in [6.45, 7) is 8.25. The second kappa shape index (κ2) is 11.2. The molecule has 1 aliphatic rings. The van der Waals surface area contributed by atoms with Gasteiger partial charge in [-0.1, -0.05) is 26.7 Å². The second-order valence-electron chi connectivity index (χ2n) is 6.58. The van der Waals surface area contributed by atoms with Crippen molar-refractivity contribution in [1.29, 1.82) is 0 Å². The van der Waals surface area contributed by atoms with Crippen LogP contribution in [0.15, 0.2) is 11.1 Å². The zero-order valence-corrected chi connectivity index (χ0v) is 14.9. The van der Waals surface area contributed by atoms with Crippen molar-refractivity contribution in [3.8, 4) is 0 Å². The van der Waals surface area contributed by atoms with E-state index in [1.165, 1.54) is 0 Å². The Balaban J connectivity index is 2.60. The predicted molar refractivity (Wildman–Crippen MR) is 92.1 cm³/mol. The number of hydrogen-bond acceptors (Lipinski definition) is 4. The van der Waals surface area contributed by atoms with Crippen LogP contribution in [-0.4, -0.2) is 59.9 Å². The SMILES string of the molecule is CCCC(C)CC(C(=O)O)=C(CCCCN1CCOCC1)C(=O)O. The summed E-state index contributed by atoms with van der Waals surface area (Å²) in [5, 5.41) is 18.9. The highest BCUT2D eigenvalue weighted by Gasteiger charge is 2.21. The number of morpholine rings is 1. The van der Waals surface area contributed by atoms with E-state index in [0.717, 1.165) is 52.1 Å². The lowest BCUT2D eigenvalue weighted by atomic mass is 9.92. The molecular formula is C18H31NO5. The van der Waals surface area contributed by atoms with Gasteiger partial charge < -0.3 is 14.9 Å². The normalized spacial score (nSPS) is 18.1. The highest BCUT2D eigenvalue weighted by Crippen LogP contribution is 2.23. The monoisotopic (exact) mass is 341 g/mol. The van der Waals surface area contributed by atoms with Crippen molar-refractivity contribution in [2.75, 3.05) is 32.8 Å². The van der Waals surface area contributed by atoms with Crippen molar-refractivity contribution in [3.63, 3.8) is 0 Å². The molecule has 0 radical (unpaired) electrons. The molecule has 0 saturated carbocycles. The maximum Gasteiger partial charge on any atom is 0.332 e. The van der Waals surface area contributed by atoms with Gasteiger partial charge in [0.2, 0.25) is 0 Å². The van der Waals surface area contributed by atoms with Crippen molar-refractivity contribution >= 4 is 11.9 Å². The maximum absolute atomic E-state index is 11.5. The highest BCUT2D eigenvalue weighted by molar-refractivity contribution is 5.98. The molecule has 0 amide bonds. The van der Waals surface area contributed by atoms with E-state index in [4.69, 9.17) is 4.74 Å². The van der Waals surface area contributed by atoms with Gasteiger partial charge in [-0.05, 0) is 38.1 Å². The van der Waals surface area contributed by atoms with Gasteiger partial charge in [0, 0.05) is 24.2 Å². The molecule has 138 valence electrons. The summed E-state index contributed by atoms with van der Waals surface area (Å²) in [5.41, 5.74) is 0.155. The van der Waals surface area contributed by atoms with Crippen LogP contribution in [0.2, 0.25) is 0 Å². The Morgan fingerprint density at radius 1 is 1.08 bits per heavy atom. The molecule has 0 bridgehead atoms. The van der Waals surface area contributed by atoms with E-state index in [0.29, 0.717) is 19.3 Å². The van der Waals surface area contributed by atoms with Gasteiger partial charge in [0.25, 0.3) is 0 Å². The van der Waals surface area contributed by atoms with Crippen LogP contribution in [-0.2, 0) is 14.3 Å². The van der Waals surface area contributed by atoms with E-state index in [9.17, 15) is 19.8 Å². The molecule has 0 aromatic rings. The fourth-order valence-electron chi connectivity index (χ4n) is 3.13. The van der Waals surface area contributed by atoms with Crippen LogP contribution in [0.4, 0.5) is 0 Å². The van der Waals surface area contributed by atoms with Gasteiger partial charge in [-0.3, -0.25) is 4.90 Å². The number of carboxylic acids is 2. The molecule has 1 saturated heterocycles. The van der Waals surface area contributed by atoms with E-state index in [1.54, 1.807) is 0 Å². The average Bonchev–Trinajstić information content (AvgIpc) is 2.54. The number of aliphatic carboxylic acids is 2. The smallest absolute Gasteiger partial charge is 0.332 e. The minimum absolute atomic E-state index is 0.0763. The largest absolute Gasteiger partial charge is 0.478 e. The number of carboxylic acid groups (broad SMARTS) is 2. The van der Waals surface area contributed by atoms with E-state index < -0.39 is 11.9 Å². The molecule has 6 heteroatoms. The summed E-state index contributed by atoms with van der Waals surface area (Å²) in [6.07, 6.45) is 4.08. The van der Waals surface area contributed by atoms with Crippen LogP contribution in [0.3, 0.4) is 0 Å². The van der Waals surface area contributed by atoms with Gasteiger partial charge in [0.15, 0.2) is 0 Å². The van der Waals surface area contributed by atoms with E-state index in [2.05, 4.69) is 4.90 Å².